The van der Waals surface area contributed by atoms with Crippen LogP contribution in [0.25, 0.3) is 0 Å². The van der Waals surface area contributed by atoms with Gasteiger partial charge in [-0.3, -0.25) is 9.59 Å². The van der Waals surface area contributed by atoms with Crippen LogP contribution in [0.3, 0.4) is 0 Å². The maximum atomic E-state index is 12.6. The number of nitrogens with one attached hydrogen (secondary N) is 1. The minimum atomic E-state index is -3.34. The number of anilines is 1. The summed E-state index contributed by atoms with van der Waals surface area (Å²) in [6, 6.07) is 6.45. The highest BCUT2D eigenvalue weighted by Gasteiger charge is 2.30. The van der Waals surface area contributed by atoms with E-state index >= 15 is 0 Å². The zero-order chi connectivity index (χ0) is 17.9. The van der Waals surface area contributed by atoms with Gasteiger partial charge < -0.3 is 10.2 Å². The van der Waals surface area contributed by atoms with Crippen LogP contribution in [0.4, 0.5) is 10.5 Å². The summed E-state index contributed by atoms with van der Waals surface area (Å²) in [5.74, 6) is 0.543. The molecule has 1 saturated heterocycles. The Bertz CT molecular complexity index is 758. The lowest BCUT2D eigenvalue weighted by atomic mass is 10.3. The third-order valence-electron chi connectivity index (χ3n) is 4.64. The Morgan fingerprint density at radius 3 is 2.72 bits per heavy atom. The Hall–Kier alpha value is -1.54. The molecule has 0 aromatic heterocycles. The number of hydrogen-bond donors (Lipinski definition) is 1. The average molecular weight is 383 g/mol. The molecular weight excluding hydrogens is 360 g/mol. The first-order valence-electron chi connectivity index (χ1n) is 8.52. The lowest BCUT2D eigenvalue weighted by Gasteiger charge is -2.15. The Balaban J connectivity index is 1.61. The lowest BCUT2D eigenvalue weighted by Crippen LogP contribution is -2.27. The highest BCUT2D eigenvalue weighted by Crippen LogP contribution is 2.30. The van der Waals surface area contributed by atoms with Gasteiger partial charge in [0, 0.05) is 31.0 Å². The van der Waals surface area contributed by atoms with Gasteiger partial charge in [0.2, 0.25) is 5.91 Å². The summed E-state index contributed by atoms with van der Waals surface area (Å²) in [4.78, 5) is 25.5. The summed E-state index contributed by atoms with van der Waals surface area (Å²) in [6.45, 7) is 1.06. The Morgan fingerprint density at radius 1 is 1.28 bits per heavy atom. The fraction of sp³-hybridized carbons (Fsp3) is 0.529. The van der Waals surface area contributed by atoms with Gasteiger partial charge in [0.25, 0.3) is 5.24 Å². The molecule has 0 radical (unpaired) electrons. The highest BCUT2D eigenvalue weighted by molar-refractivity contribution is 8.13. The highest BCUT2D eigenvalue weighted by atomic mass is 32.2. The topological polar surface area (TPSA) is 83.6 Å². The van der Waals surface area contributed by atoms with Crippen molar-refractivity contribution in [2.24, 2.45) is 0 Å². The van der Waals surface area contributed by atoms with E-state index in [0.29, 0.717) is 31.6 Å². The number of hydrogen-bond acceptors (Lipinski definition) is 5. The fourth-order valence-corrected chi connectivity index (χ4v) is 5.98. The molecule has 1 aliphatic carbocycles. The molecule has 2 aliphatic rings. The molecule has 1 saturated carbocycles. The number of carbonyl (C=O) groups is 2. The molecule has 0 spiro atoms. The van der Waals surface area contributed by atoms with E-state index in [0.717, 1.165) is 18.6 Å². The Labute approximate surface area is 152 Å². The van der Waals surface area contributed by atoms with Gasteiger partial charge in [0.1, 0.15) is 0 Å². The first-order valence-corrected chi connectivity index (χ1v) is 11.1. The van der Waals surface area contributed by atoms with Crippen LogP contribution in [-0.2, 0) is 14.6 Å². The molecule has 2 amide bonds. The van der Waals surface area contributed by atoms with E-state index in [9.17, 15) is 18.0 Å². The third kappa shape index (κ3) is 4.36. The molecule has 3 rings (SSSR count). The van der Waals surface area contributed by atoms with Gasteiger partial charge in [-0.05, 0) is 31.0 Å². The average Bonchev–Trinajstić information content (AvgIpc) is 3.25. The molecular formula is C17H22N2O4S2. The first kappa shape index (κ1) is 18.3. The van der Waals surface area contributed by atoms with Crippen molar-refractivity contribution in [1.82, 2.24) is 4.90 Å². The fourth-order valence-electron chi connectivity index (χ4n) is 3.23. The van der Waals surface area contributed by atoms with Crippen molar-refractivity contribution in [2.75, 3.05) is 24.2 Å². The number of sulfone groups is 1. The van der Waals surface area contributed by atoms with Gasteiger partial charge in [-0.2, -0.15) is 0 Å². The van der Waals surface area contributed by atoms with Crippen molar-refractivity contribution in [3.8, 4) is 0 Å². The van der Waals surface area contributed by atoms with Gasteiger partial charge >= 0.3 is 0 Å². The first-order chi connectivity index (χ1) is 12.0. The van der Waals surface area contributed by atoms with E-state index in [4.69, 9.17) is 0 Å². The van der Waals surface area contributed by atoms with Crippen molar-refractivity contribution in [3.05, 3.63) is 24.3 Å². The molecule has 1 N–H and O–H groups in total. The quantitative estimate of drug-likeness (QED) is 0.818. The molecule has 0 bridgehead atoms. The van der Waals surface area contributed by atoms with Crippen molar-refractivity contribution >= 4 is 38.4 Å². The summed E-state index contributed by atoms with van der Waals surface area (Å²) in [5, 5.41) is 2.44. The van der Waals surface area contributed by atoms with E-state index in [1.807, 2.05) is 0 Å². The molecule has 8 heteroatoms. The Kier molecular flexibility index (Phi) is 5.68. The SMILES string of the molecule is O=C(CCN1CCSC1=O)Nc1cccc(S(=O)(=O)C2CCCC2)c1. The molecule has 0 unspecified atom stereocenters. The van der Waals surface area contributed by atoms with E-state index in [1.54, 1.807) is 23.1 Å². The molecule has 1 heterocycles. The molecule has 0 atom stereocenters. The molecule has 6 nitrogen and oxygen atoms in total. The van der Waals surface area contributed by atoms with Gasteiger partial charge in [-0.15, -0.1) is 0 Å². The second kappa shape index (κ2) is 7.78. The largest absolute Gasteiger partial charge is 0.332 e. The molecule has 2 fully saturated rings. The number of amides is 2. The van der Waals surface area contributed by atoms with E-state index in [2.05, 4.69) is 5.32 Å². The number of nitrogens with zero attached hydrogens (tertiary/aromatic N) is 1. The Morgan fingerprint density at radius 2 is 2.04 bits per heavy atom. The van der Waals surface area contributed by atoms with Crippen LogP contribution in [-0.4, -0.2) is 48.6 Å². The summed E-state index contributed by atoms with van der Waals surface area (Å²) >= 11 is 1.27. The van der Waals surface area contributed by atoms with Crippen LogP contribution >= 0.6 is 11.8 Å². The summed E-state index contributed by atoms with van der Waals surface area (Å²) in [5.41, 5.74) is 0.478. The minimum Gasteiger partial charge on any atom is -0.332 e. The van der Waals surface area contributed by atoms with Crippen LogP contribution in [0.2, 0.25) is 0 Å². The zero-order valence-electron chi connectivity index (χ0n) is 13.9. The summed E-state index contributed by atoms with van der Waals surface area (Å²) in [6.07, 6.45) is 3.52. The monoisotopic (exact) mass is 382 g/mol. The van der Waals surface area contributed by atoms with Gasteiger partial charge in [0.05, 0.1) is 10.1 Å². The van der Waals surface area contributed by atoms with Crippen LogP contribution < -0.4 is 5.32 Å². The minimum absolute atomic E-state index is 0.0115. The van der Waals surface area contributed by atoms with Crippen LogP contribution in [0, 0.1) is 0 Å². The van der Waals surface area contributed by atoms with Crippen molar-refractivity contribution in [2.45, 2.75) is 42.2 Å². The normalized spacial score (nSPS) is 18.7. The summed E-state index contributed by atoms with van der Waals surface area (Å²) < 4.78 is 25.3. The molecule has 25 heavy (non-hydrogen) atoms. The van der Waals surface area contributed by atoms with Crippen molar-refractivity contribution in [1.29, 1.82) is 0 Å². The van der Waals surface area contributed by atoms with Gasteiger partial charge in [-0.25, -0.2) is 8.42 Å². The van der Waals surface area contributed by atoms with Gasteiger partial charge in [0.15, 0.2) is 9.84 Å². The number of benzene rings is 1. The molecule has 1 aromatic carbocycles. The second-order valence-corrected chi connectivity index (χ2v) is 9.65. The van der Waals surface area contributed by atoms with Crippen LogP contribution in [0.5, 0.6) is 0 Å². The van der Waals surface area contributed by atoms with E-state index in [-0.39, 0.29) is 27.7 Å². The lowest BCUT2D eigenvalue weighted by molar-refractivity contribution is -0.116. The number of rotatable bonds is 6. The van der Waals surface area contributed by atoms with Crippen molar-refractivity contribution < 1.29 is 18.0 Å². The second-order valence-electron chi connectivity index (χ2n) is 6.38. The smallest absolute Gasteiger partial charge is 0.281 e. The molecule has 136 valence electrons. The molecule has 1 aliphatic heterocycles. The molecule has 1 aromatic rings. The third-order valence-corrected chi connectivity index (χ3v) is 7.79. The van der Waals surface area contributed by atoms with E-state index in [1.165, 1.54) is 17.8 Å². The van der Waals surface area contributed by atoms with E-state index < -0.39 is 9.84 Å². The van der Waals surface area contributed by atoms with Crippen molar-refractivity contribution in [3.63, 3.8) is 0 Å². The maximum Gasteiger partial charge on any atom is 0.281 e. The van der Waals surface area contributed by atoms with Gasteiger partial charge in [-0.1, -0.05) is 30.7 Å². The standard InChI is InChI=1S/C17H22N2O4S2/c20-16(8-9-19-10-11-24-17(19)21)18-13-4-3-7-15(12-13)25(22,23)14-5-1-2-6-14/h3-4,7,12,14H,1-2,5-6,8-11H2,(H,18,20). The van der Waals surface area contributed by atoms with Crippen LogP contribution in [0.1, 0.15) is 32.1 Å². The maximum absolute atomic E-state index is 12.6. The summed E-state index contributed by atoms with van der Waals surface area (Å²) in [7, 11) is -3.34. The predicted octanol–water partition coefficient (Wildman–Crippen LogP) is 2.90. The number of thioether (sulfide) groups is 1. The predicted molar refractivity (Wildman–Crippen MR) is 98.6 cm³/mol. The zero-order valence-corrected chi connectivity index (χ0v) is 15.6. The van der Waals surface area contributed by atoms with Crippen LogP contribution in [0.15, 0.2) is 29.2 Å². The number of carbonyl (C=O) groups excluding carboxylic acids is 2.